The van der Waals surface area contributed by atoms with Crippen molar-refractivity contribution in [2.24, 2.45) is 5.73 Å². The molecule has 178 valence electrons. The number of sulfonamides is 1. The quantitative estimate of drug-likeness (QED) is 0.585. The first-order valence-electron chi connectivity index (χ1n) is 10.0. The fourth-order valence-electron chi connectivity index (χ4n) is 4.08. The average Bonchev–Trinajstić information content (AvgIpc) is 3.09. The molecule has 11 nitrogen and oxygen atoms in total. The molecule has 3 N–H and O–H groups in total. The Hall–Kier alpha value is -4.63. The highest BCUT2D eigenvalue weighted by Gasteiger charge is 2.43. The average molecular weight is 494 g/mol. The Balaban J connectivity index is 2.06. The van der Waals surface area contributed by atoms with E-state index in [1.807, 2.05) is 10.8 Å². The zero-order valence-electron chi connectivity index (χ0n) is 18.4. The summed E-state index contributed by atoms with van der Waals surface area (Å²) in [5.74, 6) is -4.02. The predicted molar refractivity (Wildman–Crippen MR) is 121 cm³/mol. The lowest BCUT2D eigenvalue weighted by atomic mass is 9.81. The van der Waals surface area contributed by atoms with Gasteiger partial charge in [-0.3, -0.25) is 9.69 Å². The van der Waals surface area contributed by atoms with Gasteiger partial charge in [-0.25, -0.2) is 22.7 Å². The highest BCUT2D eigenvalue weighted by Crippen LogP contribution is 2.43. The first kappa shape index (κ1) is 23.5. The monoisotopic (exact) mass is 494 g/mol. The molecular weight excluding hydrogens is 476 g/mol. The van der Waals surface area contributed by atoms with Crippen LogP contribution in [0.3, 0.4) is 0 Å². The van der Waals surface area contributed by atoms with E-state index >= 15 is 0 Å². The molecule has 2 aliphatic rings. The van der Waals surface area contributed by atoms with Gasteiger partial charge in [-0.05, 0) is 23.8 Å². The summed E-state index contributed by atoms with van der Waals surface area (Å²) in [6.07, 6.45) is 0. The van der Waals surface area contributed by atoms with Gasteiger partial charge in [-0.1, -0.05) is 30.3 Å². The molecule has 2 aromatic rings. The highest BCUT2D eigenvalue weighted by atomic mass is 32.2. The molecule has 0 saturated heterocycles. The number of methoxy groups -OCH3 is 2. The smallest absolute Gasteiger partial charge is 0.355 e. The number of ether oxygens (including phenoxy) is 2. The van der Waals surface area contributed by atoms with Gasteiger partial charge in [0.05, 0.1) is 42.9 Å². The molecule has 0 fully saturated rings. The molecule has 0 radical (unpaired) electrons. The van der Waals surface area contributed by atoms with E-state index in [1.165, 1.54) is 12.1 Å². The number of rotatable bonds is 4. The molecule has 0 bridgehead atoms. The zero-order chi connectivity index (χ0) is 25.5. The van der Waals surface area contributed by atoms with Crippen molar-refractivity contribution in [3.63, 3.8) is 0 Å². The lowest BCUT2D eigenvalue weighted by molar-refractivity contribution is -0.139. The summed E-state index contributed by atoms with van der Waals surface area (Å²) in [7, 11) is -1.81. The molecule has 1 amide bonds. The van der Waals surface area contributed by atoms with Gasteiger partial charge in [0.1, 0.15) is 16.4 Å². The summed E-state index contributed by atoms with van der Waals surface area (Å²) in [6, 6.07) is 14.1. The number of carbonyl (C=O) groups is 3. The van der Waals surface area contributed by atoms with Crippen molar-refractivity contribution in [1.82, 2.24) is 4.72 Å². The van der Waals surface area contributed by atoms with Gasteiger partial charge in [0.15, 0.2) is 0 Å². The lowest BCUT2D eigenvalue weighted by Gasteiger charge is -2.36. The van der Waals surface area contributed by atoms with Crippen LogP contribution in [0.1, 0.15) is 21.8 Å². The van der Waals surface area contributed by atoms with E-state index in [9.17, 15) is 28.1 Å². The van der Waals surface area contributed by atoms with Crippen molar-refractivity contribution in [2.75, 3.05) is 19.1 Å². The summed E-state index contributed by atoms with van der Waals surface area (Å²) < 4.78 is 36.0. The van der Waals surface area contributed by atoms with E-state index in [0.29, 0.717) is 5.56 Å². The van der Waals surface area contributed by atoms with Crippen LogP contribution in [0.25, 0.3) is 0 Å². The molecule has 0 saturated carbocycles. The Morgan fingerprint density at radius 1 is 1.09 bits per heavy atom. The molecule has 1 atom stereocenters. The van der Waals surface area contributed by atoms with Gasteiger partial charge < -0.3 is 15.2 Å². The van der Waals surface area contributed by atoms with E-state index in [2.05, 4.69) is 0 Å². The number of carbonyl (C=O) groups excluding carboxylic acids is 3. The Bertz CT molecular complexity index is 1490. The van der Waals surface area contributed by atoms with Crippen LogP contribution in [-0.2, 0) is 29.1 Å². The predicted octanol–water partition coefficient (Wildman–Crippen LogP) is 1.02. The summed E-state index contributed by atoms with van der Waals surface area (Å²) in [6.45, 7) is 0. The van der Waals surface area contributed by atoms with Crippen molar-refractivity contribution in [1.29, 1.82) is 5.26 Å². The van der Waals surface area contributed by atoms with Crippen molar-refractivity contribution in [3.05, 3.63) is 82.3 Å². The fraction of sp³-hybridized carbons (Fsp3) is 0.130. The van der Waals surface area contributed by atoms with Gasteiger partial charge in [0.25, 0.3) is 15.9 Å². The SMILES string of the molecule is COC(=O)C1=C(C(=O)OC)N(c2ccc3c(c2)C(=O)NS3(=O)=O)C(N)=C(C#N)C1c1ccccc1. The second kappa shape index (κ2) is 8.62. The second-order valence-electron chi connectivity index (χ2n) is 7.45. The number of fused-ring (bicyclic) bond motifs is 1. The topological polar surface area (TPSA) is 169 Å². The van der Waals surface area contributed by atoms with Crippen LogP contribution >= 0.6 is 0 Å². The Kier molecular flexibility index (Phi) is 5.79. The molecule has 4 rings (SSSR count). The number of nitrogens with two attached hydrogens (primary N) is 1. The van der Waals surface area contributed by atoms with Crippen LogP contribution in [-0.4, -0.2) is 40.5 Å². The number of hydrogen-bond donors (Lipinski definition) is 2. The molecule has 0 spiro atoms. The van der Waals surface area contributed by atoms with E-state index in [0.717, 1.165) is 25.2 Å². The highest BCUT2D eigenvalue weighted by molar-refractivity contribution is 7.90. The molecule has 12 heteroatoms. The second-order valence-corrected chi connectivity index (χ2v) is 9.10. The van der Waals surface area contributed by atoms with E-state index < -0.39 is 33.8 Å². The summed E-state index contributed by atoms with van der Waals surface area (Å²) >= 11 is 0. The fourth-order valence-corrected chi connectivity index (χ4v) is 5.23. The Morgan fingerprint density at radius 2 is 1.74 bits per heavy atom. The first-order chi connectivity index (χ1) is 16.7. The van der Waals surface area contributed by atoms with Crippen molar-refractivity contribution in [3.8, 4) is 6.07 Å². The summed E-state index contributed by atoms with van der Waals surface area (Å²) in [5.41, 5.74) is 6.11. The number of hydrogen-bond acceptors (Lipinski definition) is 10. The molecule has 2 aliphatic heterocycles. The maximum Gasteiger partial charge on any atom is 0.355 e. The summed E-state index contributed by atoms with van der Waals surface area (Å²) in [5, 5.41) is 10.0. The van der Waals surface area contributed by atoms with E-state index in [-0.39, 0.29) is 38.8 Å². The number of nitriles is 1. The number of esters is 2. The number of allylic oxidation sites excluding steroid dienone is 1. The molecule has 2 aromatic carbocycles. The van der Waals surface area contributed by atoms with Gasteiger partial charge in [0.2, 0.25) is 0 Å². The van der Waals surface area contributed by atoms with Crippen molar-refractivity contribution in [2.45, 2.75) is 10.8 Å². The molecule has 0 aliphatic carbocycles. The van der Waals surface area contributed by atoms with Crippen LogP contribution in [0.5, 0.6) is 0 Å². The minimum absolute atomic E-state index is 0.0505. The zero-order valence-corrected chi connectivity index (χ0v) is 19.3. The van der Waals surface area contributed by atoms with Gasteiger partial charge in [-0.2, -0.15) is 5.26 Å². The van der Waals surface area contributed by atoms with Crippen LogP contribution < -0.4 is 15.4 Å². The number of benzene rings is 2. The van der Waals surface area contributed by atoms with Crippen LogP contribution in [0.15, 0.2) is 76.1 Å². The number of nitrogens with one attached hydrogen (secondary N) is 1. The first-order valence-corrected chi connectivity index (χ1v) is 11.5. The van der Waals surface area contributed by atoms with Gasteiger partial charge in [0, 0.05) is 5.69 Å². The minimum atomic E-state index is -4.03. The van der Waals surface area contributed by atoms with Crippen LogP contribution in [0.2, 0.25) is 0 Å². The van der Waals surface area contributed by atoms with Crippen molar-refractivity contribution < 1.29 is 32.3 Å². The van der Waals surface area contributed by atoms with Crippen LogP contribution in [0.4, 0.5) is 5.69 Å². The molecule has 0 aromatic heterocycles. The lowest BCUT2D eigenvalue weighted by Crippen LogP contribution is -2.40. The normalized spacial score (nSPS) is 18.5. The molecular formula is C23H18N4O7S. The van der Waals surface area contributed by atoms with Gasteiger partial charge in [-0.15, -0.1) is 0 Å². The number of nitrogens with zero attached hydrogens (tertiary/aromatic N) is 2. The maximum atomic E-state index is 13.0. The number of anilines is 1. The molecule has 1 unspecified atom stereocenters. The Morgan fingerprint density at radius 3 is 2.34 bits per heavy atom. The minimum Gasteiger partial charge on any atom is -0.466 e. The number of amides is 1. The maximum absolute atomic E-state index is 13.0. The van der Waals surface area contributed by atoms with Crippen LogP contribution in [0, 0.1) is 11.3 Å². The molecule has 35 heavy (non-hydrogen) atoms. The van der Waals surface area contributed by atoms with E-state index in [1.54, 1.807) is 30.3 Å². The third-order valence-corrected chi connectivity index (χ3v) is 6.98. The molecule has 2 heterocycles. The largest absolute Gasteiger partial charge is 0.466 e. The van der Waals surface area contributed by atoms with Gasteiger partial charge >= 0.3 is 11.9 Å². The van der Waals surface area contributed by atoms with Crippen molar-refractivity contribution >= 4 is 33.6 Å². The summed E-state index contributed by atoms with van der Waals surface area (Å²) in [4.78, 5) is 39.1. The standard InChI is InChI=1S/C23H18N4O7S/c1-33-22(29)18-17(12-6-4-3-5-7-12)15(11-24)20(25)27(19(18)23(30)34-2)13-8-9-16-14(10-13)21(28)26-35(16,31)32/h3-10,17H,25H2,1-2H3,(H,26,28). The third-order valence-electron chi connectivity index (χ3n) is 5.59. The Labute approximate surface area is 200 Å². The third kappa shape index (κ3) is 3.68. The van der Waals surface area contributed by atoms with E-state index in [4.69, 9.17) is 15.2 Å².